The van der Waals surface area contributed by atoms with Gasteiger partial charge in [0.05, 0.1) is 35.8 Å². The van der Waals surface area contributed by atoms with Gasteiger partial charge in [0.25, 0.3) is 5.91 Å². The van der Waals surface area contributed by atoms with Crippen molar-refractivity contribution in [2.45, 2.75) is 43.8 Å². The van der Waals surface area contributed by atoms with Gasteiger partial charge in [-0.15, -0.1) is 10.2 Å². The summed E-state index contributed by atoms with van der Waals surface area (Å²) in [6.45, 7) is 0.354. The Morgan fingerprint density at radius 2 is 1.94 bits per heavy atom. The van der Waals surface area contributed by atoms with Gasteiger partial charge in [-0.3, -0.25) is 9.36 Å². The van der Waals surface area contributed by atoms with Crippen molar-refractivity contribution in [3.8, 4) is 11.4 Å². The van der Waals surface area contributed by atoms with Crippen molar-refractivity contribution in [2.75, 3.05) is 18.2 Å². The van der Waals surface area contributed by atoms with E-state index in [0.29, 0.717) is 39.0 Å². The predicted octanol–water partition coefficient (Wildman–Crippen LogP) is 5.72. The second-order valence-electron chi connectivity index (χ2n) is 7.95. The number of aromatic nitrogens is 3. The van der Waals surface area contributed by atoms with Gasteiger partial charge in [0.1, 0.15) is 5.75 Å². The molecule has 0 unspecified atom stereocenters. The molecule has 1 aliphatic carbocycles. The van der Waals surface area contributed by atoms with Crippen LogP contribution >= 0.6 is 35.0 Å². The van der Waals surface area contributed by atoms with Gasteiger partial charge < -0.3 is 10.1 Å². The first-order valence-electron chi connectivity index (χ1n) is 11.3. The molecule has 0 saturated heterocycles. The van der Waals surface area contributed by atoms with E-state index in [0.717, 1.165) is 37.1 Å². The van der Waals surface area contributed by atoms with Crippen LogP contribution in [0.1, 0.15) is 37.9 Å². The maximum absolute atomic E-state index is 12.4. The number of ether oxygens (including phenoxy) is 1. The molecule has 11 heteroatoms. The number of halogens is 2. The van der Waals surface area contributed by atoms with Gasteiger partial charge in [-0.05, 0) is 56.0 Å². The zero-order chi connectivity index (χ0) is 24.6. The molecule has 1 amide bonds. The van der Waals surface area contributed by atoms with Gasteiger partial charge in [0.2, 0.25) is 0 Å². The van der Waals surface area contributed by atoms with Crippen LogP contribution in [-0.4, -0.2) is 39.2 Å². The molecule has 184 valence electrons. The highest BCUT2D eigenvalue weighted by Gasteiger charge is 2.19. The Kier molecular flexibility index (Phi) is 8.90. The van der Waals surface area contributed by atoms with E-state index in [1.165, 1.54) is 18.2 Å². The normalized spacial score (nSPS) is 13.4. The molecule has 0 aliphatic heterocycles. The largest absolute Gasteiger partial charge is 0.495 e. The molecule has 4 rings (SSSR count). The number of methoxy groups -OCH3 is 1. The van der Waals surface area contributed by atoms with E-state index in [-0.39, 0.29) is 11.7 Å². The molecule has 35 heavy (non-hydrogen) atoms. The number of amides is 1. The fourth-order valence-corrected chi connectivity index (χ4v) is 5.00. The lowest BCUT2D eigenvalue weighted by molar-refractivity contribution is -0.118. The average molecular weight is 533 g/mol. The zero-order valence-electron chi connectivity index (χ0n) is 19.3. The average Bonchev–Trinajstić information content (AvgIpc) is 3.28. The molecular formula is C24H26Cl2N6O2S. The van der Waals surface area contributed by atoms with E-state index < -0.39 is 0 Å². The summed E-state index contributed by atoms with van der Waals surface area (Å²) in [5.41, 5.74) is 5.21. The summed E-state index contributed by atoms with van der Waals surface area (Å²) in [6.07, 6.45) is 5.36. The lowest BCUT2D eigenvalue weighted by atomic mass is 9.99. The maximum Gasteiger partial charge on any atom is 0.250 e. The van der Waals surface area contributed by atoms with Crippen LogP contribution in [0.15, 0.2) is 52.7 Å². The van der Waals surface area contributed by atoms with Crippen LogP contribution in [0.4, 0.5) is 5.69 Å². The predicted molar refractivity (Wildman–Crippen MR) is 141 cm³/mol. The van der Waals surface area contributed by atoms with Gasteiger partial charge in [-0.1, -0.05) is 53.5 Å². The Morgan fingerprint density at radius 3 is 2.71 bits per heavy atom. The smallest absolute Gasteiger partial charge is 0.250 e. The summed E-state index contributed by atoms with van der Waals surface area (Å²) in [7, 11) is 1.62. The number of para-hydroxylation sites is 2. The third-order valence-electron chi connectivity index (χ3n) is 5.50. The van der Waals surface area contributed by atoms with Crippen LogP contribution in [0.25, 0.3) is 5.69 Å². The first-order valence-corrected chi connectivity index (χ1v) is 13.0. The number of benzene rings is 2. The molecule has 3 aromatic rings. The van der Waals surface area contributed by atoms with Crippen LogP contribution in [0.2, 0.25) is 10.0 Å². The van der Waals surface area contributed by atoms with Crippen LogP contribution < -0.4 is 15.5 Å². The van der Waals surface area contributed by atoms with E-state index in [4.69, 9.17) is 27.9 Å². The van der Waals surface area contributed by atoms with Crippen molar-refractivity contribution in [3.63, 3.8) is 0 Å². The number of hydrogen-bond acceptors (Lipinski definition) is 7. The standard InChI is InChI=1S/C24H26Cl2N6O2S/c1-34-21-10-6-5-9-19(21)27-14-22-29-31-24(32(22)20-12-11-16(25)13-18(20)26)35-15-23(33)30-28-17-7-3-2-4-8-17/h5-6,9-13,27H,2-4,7-8,14-15H2,1H3,(H,30,33). The molecule has 8 nitrogen and oxygen atoms in total. The minimum Gasteiger partial charge on any atom is -0.495 e. The van der Waals surface area contributed by atoms with Crippen LogP contribution in [0.5, 0.6) is 5.75 Å². The Morgan fingerprint density at radius 1 is 1.14 bits per heavy atom. The molecule has 1 saturated carbocycles. The summed E-state index contributed by atoms with van der Waals surface area (Å²) in [5.74, 6) is 1.28. The number of hydrazone groups is 1. The van der Waals surface area contributed by atoms with Gasteiger partial charge >= 0.3 is 0 Å². The van der Waals surface area contributed by atoms with Crippen molar-refractivity contribution in [2.24, 2.45) is 5.10 Å². The second-order valence-corrected chi connectivity index (χ2v) is 9.73. The Balaban J connectivity index is 1.52. The number of carbonyl (C=O) groups is 1. The topological polar surface area (TPSA) is 93.4 Å². The van der Waals surface area contributed by atoms with E-state index >= 15 is 0 Å². The van der Waals surface area contributed by atoms with Crippen LogP contribution in [0, 0.1) is 0 Å². The van der Waals surface area contributed by atoms with Crippen molar-refractivity contribution in [1.29, 1.82) is 0 Å². The number of rotatable bonds is 9. The van der Waals surface area contributed by atoms with Gasteiger partial charge in [0.15, 0.2) is 11.0 Å². The quantitative estimate of drug-likeness (QED) is 0.270. The van der Waals surface area contributed by atoms with Crippen molar-refractivity contribution in [3.05, 3.63) is 58.3 Å². The number of thioether (sulfide) groups is 1. The Hall–Kier alpha value is -2.75. The first kappa shape index (κ1) is 25.3. The maximum atomic E-state index is 12.4. The van der Waals surface area contributed by atoms with Crippen molar-refractivity contribution >= 4 is 52.3 Å². The molecule has 1 fully saturated rings. The highest BCUT2D eigenvalue weighted by atomic mass is 35.5. The summed E-state index contributed by atoms with van der Waals surface area (Å²) in [6, 6.07) is 12.8. The summed E-state index contributed by atoms with van der Waals surface area (Å²) < 4.78 is 7.24. The van der Waals surface area contributed by atoms with E-state index in [2.05, 4.69) is 26.0 Å². The van der Waals surface area contributed by atoms with E-state index in [1.54, 1.807) is 25.3 Å². The Bertz CT molecular complexity index is 1210. The molecule has 0 spiro atoms. The number of nitrogens with one attached hydrogen (secondary N) is 2. The molecule has 1 aliphatic rings. The summed E-state index contributed by atoms with van der Waals surface area (Å²) in [4.78, 5) is 12.4. The fourth-order valence-electron chi connectivity index (χ4n) is 3.75. The number of nitrogens with zero attached hydrogens (tertiary/aromatic N) is 4. The second kappa shape index (κ2) is 12.3. The zero-order valence-corrected chi connectivity index (χ0v) is 21.6. The monoisotopic (exact) mass is 532 g/mol. The molecule has 0 radical (unpaired) electrons. The molecule has 1 aromatic heterocycles. The summed E-state index contributed by atoms with van der Waals surface area (Å²) in [5, 5.41) is 17.8. The first-order chi connectivity index (χ1) is 17.0. The van der Waals surface area contributed by atoms with Crippen LogP contribution in [0.3, 0.4) is 0 Å². The van der Waals surface area contributed by atoms with Gasteiger partial charge in [0, 0.05) is 10.7 Å². The highest BCUT2D eigenvalue weighted by molar-refractivity contribution is 7.99. The van der Waals surface area contributed by atoms with Gasteiger partial charge in [-0.2, -0.15) is 5.10 Å². The molecular weight excluding hydrogens is 507 g/mol. The number of carbonyl (C=O) groups excluding carboxylic acids is 1. The van der Waals surface area contributed by atoms with Gasteiger partial charge in [-0.25, -0.2) is 5.43 Å². The van der Waals surface area contributed by atoms with Crippen molar-refractivity contribution in [1.82, 2.24) is 20.2 Å². The highest BCUT2D eigenvalue weighted by Crippen LogP contribution is 2.30. The molecule has 1 heterocycles. The number of hydrogen-bond donors (Lipinski definition) is 2. The third-order valence-corrected chi connectivity index (χ3v) is 6.96. The SMILES string of the molecule is COc1ccccc1NCc1nnc(SCC(=O)NN=C2CCCCC2)n1-c1ccc(Cl)cc1Cl. The molecule has 2 N–H and O–H groups in total. The molecule has 0 bridgehead atoms. The minimum absolute atomic E-state index is 0.139. The molecule has 2 aromatic carbocycles. The van der Waals surface area contributed by atoms with E-state index in [1.807, 2.05) is 28.8 Å². The molecule has 0 atom stereocenters. The van der Waals surface area contributed by atoms with Crippen LogP contribution in [-0.2, 0) is 11.3 Å². The lowest BCUT2D eigenvalue weighted by Crippen LogP contribution is -2.22. The number of anilines is 1. The minimum atomic E-state index is -0.196. The fraction of sp³-hybridized carbons (Fsp3) is 0.333. The van der Waals surface area contributed by atoms with E-state index in [9.17, 15) is 4.79 Å². The lowest BCUT2D eigenvalue weighted by Gasteiger charge is -2.14. The Labute approximate surface area is 218 Å². The summed E-state index contributed by atoms with van der Waals surface area (Å²) >= 11 is 13.9. The third kappa shape index (κ3) is 6.68. The van der Waals surface area contributed by atoms with Crippen molar-refractivity contribution < 1.29 is 9.53 Å².